The van der Waals surface area contributed by atoms with Gasteiger partial charge in [0.2, 0.25) is 0 Å². The summed E-state index contributed by atoms with van der Waals surface area (Å²) in [6, 6.07) is 8.44. The topological polar surface area (TPSA) is 46.5 Å². The fraction of sp³-hybridized carbons (Fsp3) is 0.0714. The SMILES string of the molecule is COc1ccc(-c2ccc(F)cc2Cl)c(C(=O)O)c1. The fourth-order valence-corrected chi connectivity index (χ4v) is 2.04. The first kappa shape index (κ1) is 13.4. The second-order valence-corrected chi connectivity index (χ2v) is 4.25. The van der Waals surface area contributed by atoms with Crippen LogP contribution in [-0.4, -0.2) is 18.2 Å². The fourth-order valence-electron chi connectivity index (χ4n) is 1.77. The minimum atomic E-state index is -1.10. The molecule has 0 aromatic heterocycles. The lowest BCUT2D eigenvalue weighted by molar-refractivity contribution is 0.0697. The van der Waals surface area contributed by atoms with Crippen LogP contribution >= 0.6 is 11.6 Å². The lowest BCUT2D eigenvalue weighted by Gasteiger charge is -2.10. The van der Waals surface area contributed by atoms with Gasteiger partial charge >= 0.3 is 5.97 Å². The van der Waals surface area contributed by atoms with Crippen molar-refractivity contribution in [2.45, 2.75) is 0 Å². The van der Waals surface area contributed by atoms with Gasteiger partial charge in [0.15, 0.2) is 0 Å². The molecule has 2 aromatic rings. The van der Waals surface area contributed by atoms with Crippen LogP contribution in [0.1, 0.15) is 10.4 Å². The van der Waals surface area contributed by atoms with E-state index in [1.54, 1.807) is 12.1 Å². The lowest BCUT2D eigenvalue weighted by Crippen LogP contribution is -2.00. The van der Waals surface area contributed by atoms with Gasteiger partial charge in [-0.2, -0.15) is 0 Å². The van der Waals surface area contributed by atoms with Gasteiger partial charge in [0.25, 0.3) is 0 Å². The summed E-state index contributed by atoms with van der Waals surface area (Å²) >= 11 is 5.95. The number of carboxylic acid groups (broad SMARTS) is 1. The summed E-state index contributed by atoms with van der Waals surface area (Å²) in [5.41, 5.74) is 0.925. The van der Waals surface area contributed by atoms with Crippen molar-refractivity contribution in [1.29, 1.82) is 0 Å². The van der Waals surface area contributed by atoms with Crippen molar-refractivity contribution in [2.75, 3.05) is 7.11 Å². The molecule has 19 heavy (non-hydrogen) atoms. The monoisotopic (exact) mass is 280 g/mol. The predicted molar refractivity (Wildman–Crippen MR) is 70.4 cm³/mol. The van der Waals surface area contributed by atoms with Crippen LogP contribution < -0.4 is 4.74 Å². The van der Waals surface area contributed by atoms with E-state index in [0.717, 1.165) is 6.07 Å². The Labute approximate surface area is 114 Å². The molecule has 0 amide bonds. The summed E-state index contributed by atoms with van der Waals surface area (Å²) < 4.78 is 18.0. The van der Waals surface area contributed by atoms with Gasteiger partial charge in [-0.1, -0.05) is 11.6 Å². The molecule has 0 atom stereocenters. The molecule has 0 saturated carbocycles. The Balaban J connectivity index is 2.64. The number of methoxy groups -OCH3 is 1. The van der Waals surface area contributed by atoms with Gasteiger partial charge in [0.1, 0.15) is 11.6 Å². The Hall–Kier alpha value is -2.07. The molecule has 0 bridgehead atoms. The number of hydrogen-bond acceptors (Lipinski definition) is 2. The smallest absolute Gasteiger partial charge is 0.336 e. The zero-order chi connectivity index (χ0) is 14.0. The van der Waals surface area contributed by atoms with E-state index >= 15 is 0 Å². The van der Waals surface area contributed by atoms with Crippen molar-refractivity contribution >= 4 is 17.6 Å². The standard InChI is InChI=1S/C14H10ClFO3/c1-19-9-3-5-10(12(7-9)14(17)18)11-4-2-8(16)6-13(11)15/h2-7H,1H3,(H,17,18). The van der Waals surface area contributed by atoms with Crippen LogP contribution in [0.2, 0.25) is 5.02 Å². The largest absolute Gasteiger partial charge is 0.497 e. The number of carboxylic acids is 1. The zero-order valence-corrected chi connectivity index (χ0v) is 10.7. The Kier molecular flexibility index (Phi) is 3.71. The molecule has 0 unspecified atom stereocenters. The number of carbonyl (C=O) groups is 1. The minimum Gasteiger partial charge on any atom is -0.497 e. The van der Waals surface area contributed by atoms with Gasteiger partial charge in [-0.15, -0.1) is 0 Å². The molecule has 5 heteroatoms. The molecule has 0 fully saturated rings. The first-order valence-electron chi connectivity index (χ1n) is 5.39. The molecule has 2 aromatic carbocycles. The molecule has 3 nitrogen and oxygen atoms in total. The first-order valence-corrected chi connectivity index (χ1v) is 5.77. The van der Waals surface area contributed by atoms with Crippen LogP contribution in [-0.2, 0) is 0 Å². The second-order valence-electron chi connectivity index (χ2n) is 3.84. The number of rotatable bonds is 3. The zero-order valence-electron chi connectivity index (χ0n) is 9.98. The van der Waals surface area contributed by atoms with E-state index in [9.17, 15) is 14.3 Å². The molecular formula is C14H10ClFO3. The van der Waals surface area contributed by atoms with Gasteiger partial charge in [-0.25, -0.2) is 9.18 Å². The minimum absolute atomic E-state index is 0.0489. The maximum absolute atomic E-state index is 13.0. The van der Waals surface area contributed by atoms with E-state index in [-0.39, 0.29) is 10.6 Å². The summed E-state index contributed by atoms with van der Waals surface area (Å²) in [5.74, 6) is -1.15. The number of hydrogen-bond donors (Lipinski definition) is 1. The molecule has 1 N–H and O–H groups in total. The highest BCUT2D eigenvalue weighted by atomic mass is 35.5. The van der Waals surface area contributed by atoms with Crippen LogP contribution in [0.25, 0.3) is 11.1 Å². The van der Waals surface area contributed by atoms with Crippen LogP contribution in [0, 0.1) is 5.82 Å². The molecular weight excluding hydrogens is 271 g/mol. The highest BCUT2D eigenvalue weighted by Gasteiger charge is 2.15. The van der Waals surface area contributed by atoms with Gasteiger partial charge in [0.05, 0.1) is 17.7 Å². The third-order valence-electron chi connectivity index (χ3n) is 2.68. The molecule has 0 aliphatic heterocycles. The molecule has 0 spiro atoms. The molecule has 0 aliphatic rings. The van der Waals surface area contributed by atoms with E-state index in [1.807, 2.05) is 0 Å². The maximum Gasteiger partial charge on any atom is 0.336 e. The van der Waals surface area contributed by atoms with Gasteiger partial charge in [-0.05, 0) is 42.0 Å². The normalized spacial score (nSPS) is 10.3. The van der Waals surface area contributed by atoms with Crippen LogP contribution in [0.4, 0.5) is 4.39 Å². The van der Waals surface area contributed by atoms with Crippen molar-refractivity contribution in [3.63, 3.8) is 0 Å². The Morgan fingerprint density at radius 3 is 2.47 bits per heavy atom. The third kappa shape index (κ3) is 2.69. The van der Waals surface area contributed by atoms with E-state index in [0.29, 0.717) is 16.9 Å². The Bertz CT molecular complexity index is 641. The number of benzene rings is 2. The third-order valence-corrected chi connectivity index (χ3v) is 2.99. The summed E-state index contributed by atoms with van der Waals surface area (Å²) in [6.45, 7) is 0. The highest BCUT2D eigenvalue weighted by molar-refractivity contribution is 6.33. The molecule has 98 valence electrons. The Morgan fingerprint density at radius 1 is 1.21 bits per heavy atom. The van der Waals surface area contributed by atoms with E-state index in [2.05, 4.69) is 0 Å². The quantitative estimate of drug-likeness (QED) is 0.929. The Morgan fingerprint density at radius 2 is 1.89 bits per heavy atom. The summed E-state index contributed by atoms with van der Waals surface area (Å²) in [5, 5.41) is 9.38. The molecule has 0 heterocycles. The predicted octanol–water partition coefficient (Wildman–Crippen LogP) is 3.85. The molecule has 0 radical (unpaired) electrons. The van der Waals surface area contributed by atoms with Crippen molar-refractivity contribution in [2.24, 2.45) is 0 Å². The molecule has 0 aliphatic carbocycles. The first-order chi connectivity index (χ1) is 9.02. The number of halogens is 2. The van der Waals surface area contributed by atoms with Crippen LogP contribution in [0.5, 0.6) is 5.75 Å². The van der Waals surface area contributed by atoms with Gasteiger partial charge in [-0.3, -0.25) is 0 Å². The maximum atomic E-state index is 13.0. The van der Waals surface area contributed by atoms with Gasteiger partial charge < -0.3 is 9.84 Å². The molecule has 2 rings (SSSR count). The average molecular weight is 281 g/mol. The van der Waals surface area contributed by atoms with Gasteiger partial charge in [0, 0.05) is 5.56 Å². The summed E-state index contributed by atoms with van der Waals surface area (Å²) in [4.78, 5) is 11.3. The second kappa shape index (κ2) is 5.28. The average Bonchev–Trinajstić information content (AvgIpc) is 2.38. The van der Waals surface area contributed by atoms with Crippen LogP contribution in [0.15, 0.2) is 36.4 Å². The van der Waals surface area contributed by atoms with Crippen molar-refractivity contribution in [3.05, 3.63) is 52.8 Å². The lowest BCUT2D eigenvalue weighted by atomic mass is 9.99. The van der Waals surface area contributed by atoms with Crippen molar-refractivity contribution in [1.82, 2.24) is 0 Å². The van der Waals surface area contributed by atoms with E-state index in [4.69, 9.17) is 16.3 Å². The van der Waals surface area contributed by atoms with Crippen molar-refractivity contribution in [3.8, 4) is 16.9 Å². The van der Waals surface area contributed by atoms with E-state index < -0.39 is 11.8 Å². The van der Waals surface area contributed by atoms with Crippen molar-refractivity contribution < 1.29 is 19.0 Å². The number of aromatic carboxylic acids is 1. The molecule has 0 saturated heterocycles. The van der Waals surface area contributed by atoms with Crippen LogP contribution in [0.3, 0.4) is 0 Å². The highest BCUT2D eigenvalue weighted by Crippen LogP contribution is 2.33. The summed E-state index contributed by atoms with van der Waals surface area (Å²) in [7, 11) is 1.45. The number of ether oxygens (including phenoxy) is 1. The summed E-state index contributed by atoms with van der Waals surface area (Å²) in [6.07, 6.45) is 0. The van der Waals surface area contributed by atoms with E-state index in [1.165, 1.54) is 25.3 Å².